The van der Waals surface area contributed by atoms with Gasteiger partial charge in [-0.3, -0.25) is 4.79 Å². The predicted octanol–water partition coefficient (Wildman–Crippen LogP) is 3.19. The Kier molecular flexibility index (Phi) is 3.37. The monoisotopic (exact) mass is 241 g/mol. The van der Waals surface area contributed by atoms with Gasteiger partial charge in [0, 0.05) is 12.3 Å². The number of aromatic nitrogens is 1. The van der Waals surface area contributed by atoms with Crippen LogP contribution in [0, 0.1) is 0 Å². The van der Waals surface area contributed by atoms with E-state index in [0.717, 1.165) is 5.56 Å². The van der Waals surface area contributed by atoms with Crippen LogP contribution < -0.4 is 5.56 Å². The van der Waals surface area contributed by atoms with Crippen LogP contribution in [0.2, 0.25) is 0 Å². The van der Waals surface area contributed by atoms with Crippen LogP contribution in [-0.4, -0.2) is 4.57 Å². The van der Waals surface area contributed by atoms with E-state index in [2.05, 4.69) is 45.0 Å². The highest BCUT2D eigenvalue weighted by molar-refractivity contribution is 5.28. The van der Waals surface area contributed by atoms with E-state index in [9.17, 15) is 4.79 Å². The van der Waals surface area contributed by atoms with E-state index in [1.807, 2.05) is 12.3 Å². The highest BCUT2D eigenvalue weighted by Crippen LogP contribution is 2.22. The minimum absolute atomic E-state index is 0.0404. The standard InChI is InChI=1S/C16H19NO/c1-16(2,3)14-8-6-7-13(11-14)12-17-10-5-4-9-15(17)18/h4-11H,12H2,1-3H3. The SMILES string of the molecule is CC(C)(C)c1cccc(Cn2ccccc2=O)c1. The van der Waals surface area contributed by atoms with Crippen LogP contribution in [0.1, 0.15) is 31.9 Å². The molecule has 0 saturated carbocycles. The molecular weight excluding hydrogens is 222 g/mol. The summed E-state index contributed by atoms with van der Waals surface area (Å²) in [6.07, 6.45) is 1.83. The molecule has 2 heteroatoms. The first-order valence-electron chi connectivity index (χ1n) is 6.22. The summed E-state index contributed by atoms with van der Waals surface area (Å²) >= 11 is 0. The van der Waals surface area contributed by atoms with Crippen molar-refractivity contribution in [1.29, 1.82) is 0 Å². The summed E-state index contributed by atoms with van der Waals surface area (Å²) in [5.74, 6) is 0. The molecule has 0 saturated heterocycles. The Balaban J connectivity index is 2.31. The third kappa shape index (κ3) is 2.89. The van der Waals surface area contributed by atoms with Crippen molar-refractivity contribution < 1.29 is 0 Å². The first kappa shape index (κ1) is 12.6. The minimum Gasteiger partial charge on any atom is -0.311 e. The normalized spacial score (nSPS) is 11.5. The maximum atomic E-state index is 11.7. The van der Waals surface area contributed by atoms with Crippen LogP contribution in [0.4, 0.5) is 0 Å². The number of benzene rings is 1. The molecule has 0 spiro atoms. The van der Waals surface area contributed by atoms with Gasteiger partial charge in [0.1, 0.15) is 0 Å². The van der Waals surface area contributed by atoms with E-state index in [4.69, 9.17) is 0 Å². The molecule has 94 valence electrons. The number of hydrogen-bond acceptors (Lipinski definition) is 1. The molecular formula is C16H19NO. The van der Waals surface area contributed by atoms with Gasteiger partial charge in [-0.15, -0.1) is 0 Å². The molecule has 2 nitrogen and oxygen atoms in total. The van der Waals surface area contributed by atoms with Crippen molar-refractivity contribution in [2.45, 2.75) is 32.7 Å². The van der Waals surface area contributed by atoms with Gasteiger partial charge in [0.25, 0.3) is 5.56 Å². The Labute approximate surface area is 108 Å². The maximum absolute atomic E-state index is 11.7. The molecule has 0 aliphatic rings. The van der Waals surface area contributed by atoms with Crippen LogP contribution in [0.3, 0.4) is 0 Å². The second kappa shape index (κ2) is 4.81. The number of pyridine rings is 1. The third-order valence-corrected chi connectivity index (χ3v) is 3.04. The Morgan fingerprint density at radius 2 is 1.83 bits per heavy atom. The molecule has 1 aromatic heterocycles. The van der Waals surface area contributed by atoms with Gasteiger partial charge in [-0.2, -0.15) is 0 Å². The van der Waals surface area contributed by atoms with Crippen molar-refractivity contribution in [3.63, 3.8) is 0 Å². The minimum atomic E-state index is 0.0404. The smallest absolute Gasteiger partial charge is 0.250 e. The highest BCUT2D eigenvalue weighted by Gasteiger charge is 2.13. The van der Waals surface area contributed by atoms with Gasteiger partial charge in [0.2, 0.25) is 0 Å². The molecule has 0 N–H and O–H groups in total. The quantitative estimate of drug-likeness (QED) is 0.791. The zero-order valence-corrected chi connectivity index (χ0v) is 11.2. The van der Waals surface area contributed by atoms with Crippen LogP contribution in [0.25, 0.3) is 0 Å². The lowest BCUT2D eigenvalue weighted by molar-refractivity contribution is 0.588. The van der Waals surface area contributed by atoms with Crippen LogP contribution >= 0.6 is 0 Å². The summed E-state index contributed by atoms with van der Waals surface area (Å²) in [4.78, 5) is 11.7. The molecule has 0 unspecified atom stereocenters. The zero-order chi connectivity index (χ0) is 13.2. The van der Waals surface area contributed by atoms with Crippen molar-refractivity contribution in [2.75, 3.05) is 0 Å². The molecule has 0 aliphatic heterocycles. The van der Waals surface area contributed by atoms with Gasteiger partial charge in [0.05, 0.1) is 6.54 Å². The lowest BCUT2D eigenvalue weighted by Gasteiger charge is -2.20. The second-order valence-electron chi connectivity index (χ2n) is 5.62. The molecule has 0 amide bonds. The second-order valence-corrected chi connectivity index (χ2v) is 5.62. The van der Waals surface area contributed by atoms with Gasteiger partial charge < -0.3 is 4.57 Å². The van der Waals surface area contributed by atoms with Gasteiger partial charge in [0.15, 0.2) is 0 Å². The number of rotatable bonds is 2. The Bertz CT molecular complexity index is 590. The van der Waals surface area contributed by atoms with Gasteiger partial charge in [-0.1, -0.05) is 51.1 Å². The fourth-order valence-electron chi connectivity index (χ4n) is 1.92. The van der Waals surface area contributed by atoms with E-state index in [-0.39, 0.29) is 11.0 Å². The van der Waals surface area contributed by atoms with E-state index in [1.165, 1.54) is 5.56 Å². The Hall–Kier alpha value is -1.83. The fourth-order valence-corrected chi connectivity index (χ4v) is 1.92. The summed E-state index contributed by atoms with van der Waals surface area (Å²) < 4.78 is 1.72. The molecule has 0 atom stereocenters. The molecule has 2 rings (SSSR count). The Morgan fingerprint density at radius 3 is 2.50 bits per heavy atom. The third-order valence-electron chi connectivity index (χ3n) is 3.04. The molecule has 2 aromatic rings. The van der Waals surface area contributed by atoms with E-state index >= 15 is 0 Å². The summed E-state index contributed by atoms with van der Waals surface area (Å²) in [5.41, 5.74) is 2.64. The summed E-state index contributed by atoms with van der Waals surface area (Å²) in [5, 5.41) is 0. The molecule has 1 heterocycles. The maximum Gasteiger partial charge on any atom is 0.250 e. The van der Waals surface area contributed by atoms with Crippen molar-refractivity contribution in [1.82, 2.24) is 4.57 Å². The first-order chi connectivity index (χ1) is 8.47. The van der Waals surface area contributed by atoms with E-state index in [1.54, 1.807) is 16.7 Å². The van der Waals surface area contributed by atoms with E-state index in [0.29, 0.717) is 6.54 Å². The molecule has 0 aliphatic carbocycles. The summed E-state index contributed by atoms with van der Waals surface area (Å²) in [6, 6.07) is 13.7. The zero-order valence-electron chi connectivity index (χ0n) is 11.2. The van der Waals surface area contributed by atoms with Crippen LogP contribution in [-0.2, 0) is 12.0 Å². The van der Waals surface area contributed by atoms with Crippen LogP contribution in [0.5, 0.6) is 0 Å². The van der Waals surface area contributed by atoms with Crippen molar-refractivity contribution >= 4 is 0 Å². The fraction of sp³-hybridized carbons (Fsp3) is 0.312. The molecule has 1 aromatic carbocycles. The van der Waals surface area contributed by atoms with Crippen LogP contribution in [0.15, 0.2) is 53.5 Å². The largest absolute Gasteiger partial charge is 0.311 e. The van der Waals surface area contributed by atoms with Crippen molar-refractivity contribution in [3.8, 4) is 0 Å². The predicted molar refractivity (Wildman–Crippen MR) is 74.9 cm³/mol. The molecule has 18 heavy (non-hydrogen) atoms. The average Bonchev–Trinajstić information content (AvgIpc) is 2.31. The topological polar surface area (TPSA) is 22.0 Å². The lowest BCUT2D eigenvalue weighted by atomic mass is 9.86. The average molecular weight is 241 g/mol. The molecule has 0 radical (unpaired) electrons. The van der Waals surface area contributed by atoms with Gasteiger partial charge >= 0.3 is 0 Å². The number of hydrogen-bond donors (Lipinski definition) is 0. The first-order valence-corrected chi connectivity index (χ1v) is 6.22. The Morgan fingerprint density at radius 1 is 1.06 bits per heavy atom. The highest BCUT2D eigenvalue weighted by atomic mass is 16.1. The van der Waals surface area contributed by atoms with E-state index < -0.39 is 0 Å². The lowest BCUT2D eigenvalue weighted by Crippen LogP contribution is -2.19. The molecule has 0 fully saturated rings. The van der Waals surface area contributed by atoms with Gasteiger partial charge in [-0.05, 0) is 22.6 Å². The van der Waals surface area contributed by atoms with Gasteiger partial charge in [-0.25, -0.2) is 0 Å². The number of nitrogens with zero attached hydrogens (tertiary/aromatic N) is 1. The van der Waals surface area contributed by atoms with Crippen molar-refractivity contribution in [2.24, 2.45) is 0 Å². The summed E-state index contributed by atoms with van der Waals surface area (Å²) in [7, 11) is 0. The molecule has 0 bridgehead atoms. The van der Waals surface area contributed by atoms with Crippen molar-refractivity contribution in [3.05, 3.63) is 70.1 Å². The summed E-state index contributed by atoms with van der Waals surface area (Å²) in [6.45, 7) is 7.21.